The summed E-state index contributed by atoms with van der Waals surface area (Å²) in [6.45, 7) is 4.90. The molecule has 1 unspecified atom stereocenters. The molecule has 1 saturated heterocycles. The Morgan fingerprint density at radius 2 is 1.95 bits per heavy atom. The average Bonchev–Trinajstić information content (AvgIpc) is 3.29. The second-order valence-electron chi connectivity index (χ2n) is 5.51. The molecule has 1 heterocycles. The number of epoxide rings is 1. The van der Waals surface area contributed by atoms with Gasteiger partial charge in [-0.3, -0.25) is 0 Å². The molecule has 116 valence electrons. The fourth-order valence-electron chi connectivity index (χ4n) is 2.28. The first-order chi connectivity index (χ1) is 10.5. The third-order valence-corrected chi connectivity index (χ3v) is 5.49. The number of sulfone groups is 1. The van der Waals surface area contributed by atoms with Crippen molar-refractivity contribution in [2.75, 3.05) is 13.2 Å². The molecule has 0 aromatic heterocycles. The molecule has 4 nitrogen and oxygen atoms in total. The molecule has 0 radical (unpaired) electrons. The SMILES string of the molecule is Cc1cccc(S(=O)(=O)c2ccc(OCC3CO3)cc2C)c1. The van der Waals surface area contributed by atoms with Gasteiger partial charge in [0, 0.05) is 0 Å². The quantitative estimate of drug-likeness (QED) is 0.795. The number of hydrogen-bond acceptors (Lipinski definition) is 4. The highest BCUT2D eigenvalue weighted by Gasteiger charge is 2.24. The van der Waals surface area contributed by atoms with Gasteiger partial charge in [-0.1, -0.05) is 12.1 Å². The Labute approximate surface area is 130 Å². The van der Waals surface area contributed by atoms with Crippen LogP contribution in [0, 0.1) is 13.8 Å². The molecule has 0 aliphatic carbocycles. The Kier molecular flexibility index (Phi) is 3.93. The first-order valence-electron chi connectivity index (χ1n) is 7.13. The fraction of sp³-hybridized carbons (Fsp3) is 0.294. The van der Waals surface area contributed by atoms with E-state index in [2.05, 4.69) is 0 Å². The highest BCUT2D eigenvalue weighted by atomic mass is 32.2. The molecule has 0 N–H and O–H groups in total. The van der Waals surface area contributed by atoms with Gasteiger partial charge in [0.15, 0.2) is 0 Å². The van der Waals surface area contributed by atoms with Gasteiger partial charge in [-0.2, -0.15) is 0 Å². The third kappa shape index (κ3) is 3.15. The van der Waals surface area contributed by atoms with E-state index in [-0.39, 0.29) is 6.10 Å². The number of hydrogen-bond donors (Lipinski definition) is 0. The van der Waals surface area contributed by atoms with Gasteiger partial charge in [0.05, 0.1) is 16.4 Å². The summed E-state index contributed by atoms with van der Waals surface area (Å²) in [5, 5.41) is 0. The van der Waals surface area contributed by atoms with E-state index in [4.69, 9.17) is 9.47 Å². The van der Waals surface area contributed by atoms with Crippen molar-refractivity contribution in [1.82, 2.24) is 0 Å². The number of benzene rings is 2. The van der Waals surface area contributed by atoms with E-state index < -0.39 is 9.84 Å². The van der Waals surface area contributed by atoms with E-state index in [0.717, 1.165) is 12.2 Å². The molecule has 0 amide bonds. The van der Waals surface area contributed by atoms with Crippen LogP contribution in [0.3, 0.4) is 0 Å². The summed E-state index contributed by atoms with van der Waals surface area (Å²) in [6, 6.07) is 12.0. The highest BCUT2D eigenvalue weighted by molar-refractivity contribution is 7.91. The summed E-state index contributed by atoms with van der Waals surface area (Å²) in [5.41, 5.74) is 1.60. The van der Waals surface area contributed by atoms with Crippen molar-refractivity contribution in [1.29, 1.82) is 0 Å². The lowest BCUT2D eigenvalue weighted by molar-refractivity contribution is 0.263. The Bertz CT molecular complexity index is 792. The Balaban J connectivity index is 1.89. The molecule has 5 heteroatoms. The van der Waals surface area contributed by atoms with Gasteiger partial charge in [-0.25, -0.2) is 8.42 Å². The van der Waals surface area contributed by atoms with Crippen molar-refractivity contribution in [3.05, 3.63) is 53.6 Å². The molecular formula is C17H18O4S. The standard InChI is InChI=1S/C17H18O4S/c1-12-4-3-5-16(8-12)22(18,19)17-7-6-14(9-13(17)2)20-10-15-11-21-15/h3-9,15H,10-11H2,1-2H3. The zero-order valence-electron chi connectivity index (χ0n) is 12.6. The lowest BCUT2D eigenvalue weighted by Crippen LogP contribution is -2.07. The highest BCUT2D eigenvalue weighted by Crippen LogP contribution is 2.27. The first kappa shape index (κ1) is 15.1. The van der Waals surface area contributed by atoms with E-state index in [1.807, 2.05) is 13.0 Å². The fourth-order valence-corrected chi connectivity index (χ4v) is 3.86. The Morgan fingerprint density at radius 1 is 1.18 bits per heavy atom. The smallest absolute Gasteiger partial charge is 0.206 e. The minimum atomic E-state index is -3.51. The van der Waals surface area contributed by atoms with Gasteiger partial charge in [-0.15, -0.1) is 0 Å². The lowest BCUT2D eigenvalue weighted by Gasteiger charge is -2.11. The van der Waals surface area contributed by atoms with Gasteiger partial charge >= 0.3 is 0 Å². The number of aryl methyl sites for hydroxylation is 2. The Morgan fingerprint density at radius 3 is 2.59 bits per heavy atom. The molecule has 2 aromatic carbocycles. The number of rotatable bonds is 5. The van der Waals surface area contributed by atoms with Crippen LogP contribution < -0.4 is 4.74 Å². The van der Waals surface area contributed by atoms with Crippen molar-refractivity contribution >= 4 is 9.84 Å². The van der Waals surface area contributed by atoms with Gasteiger partial charge in [0.25, 0.3) is 0 Å². The minimum absolute atomic E-state index is 0.177. The largest absolute Gasteiger partial charge is 0.491 e. The second kappa shape index (κ2) is 5.74. The summed E-state index contributed by atoms with van der Waals surface area (Å²) < 4.78 is 36.1. The molecular weight excluding hydrogens is 300 g/mol. The lowest BCUT2D eigenvalue weighted by atomic mass is 10.2. The van der Waals surface area contributed by atoms with Gasteiger partial charge in [0.1, 0.15) is 18.5 Å². The monoisotopic (exact) mass is 318 g/mol. The molecule has 0 bridgehead atoms. The molecule has 0 spiro atoms. The van der Waals surface area contributed by atoms with Crippen molar-refractivity contribution in [2.45, 2.75) is 29.7 Å². The molecule has 1 aliphatic heterocycles. The maximum absolute atomic E-state index is 12.7. The second-order valence-corrected chi connectivity index (χ2v) is 7.43. The van der Waals surface area contributed by atoms with Gasteiger partial charge in [-0.05, 0) is 55.3 Å². The van der Waals surface area contributed by atoms with Crippen LogP contribution in [0.15, 0.2) is 52.3 Å². The molecule has 1 fully saturated rings. The van der Waals surface area contributed by atoms with E-state index in [1.165, 1.54) is 0 Å². The van der Waals surface area contributed by atoms with Crippen LogP contribution in [0.4, 0.5) is 0 Å². The zero-order valence-corrected chi connectivity index (χ0v) is 13.4. The number of ether oxygens (including phenoxy) is 2. The summed E-state index contributed by atoms with van der Waals surface area (Å²) >= 11 is 0. The van der Waals surface area contributed by atoms with Crippen molar-refractivity contribution in [3.8, 4) is 5.75 Å². The van der Waals surface area contributed by atoms with Crippen molar-refractivity contribution in [2.24, 2.45) is 0 Å². The predicted octanol–water partition coefficient (Wildman–Crippen LogP) is 2.91. The summed E-state index contributed by atoms with van der Waals surface area (Å²) in [5.74, 6) is 0.663. The molecule has 1 aliphatic rings. The zero-order chi connectivity index (χ0) is 15.7. The molecule has 0 saturated carbocycles. The molecule has 3 rings (SSSR count). The maximum atomic E-state index is 12.7. The topological polar surface area (TPSA) is 55.9 Å². The van der Waals surface area contributed by atoms with Crippen molar-refractivity contribution < 1.29 is 17.9 Å². The van der Waals surface area contributed by atoms with Crippen LogP contribution in [-0.2, 0) is 14.6 Å². The van der Waals surface area contributed by atoms with Crippen LogP contribution in [0.1, 0.15) is 11.1 Å². The maximum Gasteiger partial charge on any atom is 0.206 e. The van der Waals surface area contributed by atoms with Gasteiger partial charge < -0.3 is 9.47 Å². The minimum Gasteiger partial charge on any atom is -0.491 e. The summed E-state index contributed by atoms with van der Waals surface area (Å²) in [6.07, 6.45) is 0.177. The van der Waals surface area contributed by atoms with Crippen LogP contribution in [-0.4, -0.2) is 27.7 Å². The first-order valence-corrected chi connectivity index (χ1v) is 8.62. The Hall–Kier alpha value is -1.85. The summed E-state index contributed by atoms with van der Waals surface area (Å²) in [7, 11) is -3.51. The average molecular weight is 318 g/mol. The van der Waals surface area contributed by atoms with Crippen LogP contribution >= 0.6 is 0 Å². The van der Waals surface area contributed by atoms with E-state index >= 15 is 0 Å². The molecule has 22 heavy (non-hydrogen) atoms. The van der Waals surface area contributed by atoms with Crippen LogP contribution in [0.5, 0.6) is 5.75 Å². The van der Waals surface area contributed by atoms with Crippen LogP contribution in [0.25, 0.3) is 0 Å². The molecule has 2 aromatic rings. The van der Waals surface area contributed by atoms with Gasteiger partial charge in [0.2, 0.25) is 9.84 Å². The van der Waals surface area contributed by atoms with Crippen molar-refractivity contribution in [3.63, 3.8) is 0 Å². The van der Waals surface area contributed by atoms with E-state index in [9.17, 15) is 8.42 Å². The van der Waals surface area contributed by atoms with E-state index in [0.29, 0.717) is 27.7 Å². The summed E-state index contributed by atoms with van der Waals surface area (Å²) in [4.78, 5) is 0.628. The normalized spacial score (nSPS) is 17.3. The van der Waals surface area contributed by atoms with E-state index in [1.54, 1.807) is 43.3 Å². The third-order valence-electron chi connectivity index (χ3n) is 3.57. The molecule has 1 atom stereocenters. The predicted molar refractivity (Wildman–Crippen MR) is 83.0 cm³/mol. The van der Waals surface area contributed by atoms with Crippen LogP contribution in [0.2, 0.25) is 0 Å².